The Hall–Kier alpha value is -1.86. The van der Waals surface area contributed by atoms with Gasteiger partial charge in [0.15, 0.2) is 0 Å². The third-order valence-electron chi connectivity index (χ3n) is 3.26. The van der Waals surface area contributed by atoms with Gasteiger partial charge in [0.25, 0.3) is 0 Å². The lowest BCUT2D eigenvalue weighted by Crippen LogP contribution is -2.12. The zero-order valence-electron chi connectivity index (χ0n) is 10.2. The lowest BCUT2D eigenvalue weighted by Gasteiger charge is -2.03. The zero-order chi connectivity index (χ0) is 12.7. The Kier molecular flexibility index (Phi) is 2.52. The maximum atomic E-state index is 4.64. The molecule has 0 aliphatic carbocycles. The molecule has 3 aromatic rings. The van der Waals surface area contributed by atoms with Gasteiger partial charge in [-0.05, 0) is 31.5 Å². The van der Waals surface area contributed by atoms with Crippen molar-refractivity contribution in [3.8, 4) is 11.5 Å². The first-order valence-corrected chi connectivity index (χ1v) is 7.10. The molecule has 0 spiro atoms. The molecule has 4 rings (SSSR count). The van der Waals surface area contributed by atoms with E-state index in [1.54, 1.807) is 22.0 Å². The van der Waals surface area contributed by atoms with E-state index in [0.29, 0.717) is 11.9 Å². The average Bonchev–Trinajstić information content (AvgIpc) is 3.15. The van der Waals surface area contributed by atoms with Crippen molar-refractivity contribution in [3.63, 3.8) is 0 Å². The maximum absolute atomic E-state index is 4.64. The van der Waals surface area contributed by atoms with Gasteiger partial charge < -0.3 is 5.32 Å². The van der Waals surface area contributed by atoms with E-state index in [4.69, 9.17) is 0 Å². The van der Waals surface area contributed by atoms with E-state index >= 15 is 0 Å². The van der Waals surface area contributed by atoms with Gasteiger partial charge in [-0.25, -0.2) is 0 Å². The Labute approximate surface area is 113 Å². The van der Waals surface area contributed by atoms with Crippen molar-refractivity contribution >= 4 is 16.3 Å². The fourth-order valence-corrected chi connectivity index (χ4v) is 3.27. The van der Waals surface area contributed by atoms with Crippen LogP contribution in [0.15, 0.2) is 24.4 Å². The van der Waals surface area contributed by atoms with E-state index in [0.717, 1.165) is 28.6 Å². The smallest absolute Gasteiger partial charge is 0.235 e. The molecule has 1 unspecified atom stereocenters. The molecule has 7 heteroatoms. The van der Waals surface area contributed by atoms with Gasteiger partial charge in [0.05, 0.1) is 6.04 Å². The van der Waals surface area contributed by atoms with Crippen molar-refractivity contribution < 1.29 is 0 Å². The van der Waals surface area contributed by atoms with E-state index in [1.165, 1.54) is 6.42 Å². The summed E-state index contributed by atoms with van der Waals surface area (Å²) in [6, 6.07) is 6.11. The molecule has 1 N–H and O–H groups in total. The van der Waals surface area contributed by atoms with Gasteiger partial charge in [-0.2, -0.15) is 9.61 Å². The van der Waals surface area contributed by atoms with Gasteiger partial charge in [-0.3, -0.25) is 4.98 Å². The van der Waals surface area contributed by atoms with Crippen LogP contribution < -0.4 is 5.32 Å². The number of aromatic nitrogens is 5. The van der Waals surface area contributed by atoms with Crippen LogP contribution in [0, 0.1) is 0 Å². The molecule has 1 fully saturated rings. The number of nitrogens with zero attached hydrogens (tertiary/aromatic N) is 5. The highest BCUT2D eigenvalue weighted by atomic mass is 32.1. The molecule has 1 saturated heterocycles. The van der Waals surface area contributed by atoms with Crippen molar-refractivity contribution in [2.45, 2.75) is 18.9 Å². The highest BCUT2D eigenvalue weighted by Gasteiger charge is 2.22. The fourth-order valence-electron chi connectivity index (χ4n) is 2.32. The Morgan fingerprint density at radius 1 is 1.32 bits per heavy atom. The number of hydrogen-bond acceptors (Lipinski definition) is 6. The van der Waals surface area contributed by atoms with E-state index in [2.05, 4.69) is 25.6 Å². The monoisotopic (exact) mass is 272 g/mol. The Morgan fingerprint density at radius 2 is 2.32 bits per heavy atom. The molecule has 6 nitrogen and oxygen atoms in total. The molecule has 0 amide bonds. The summed E-state index contributed by atoms with van der Waals surface area (Å²) < 4.78 is 1.79. The van der Waals surface area contributed by atoms with E-state index < -0.39 is 0 Å². The largest absolute Gasteiger partial charge is 0.308 e. The van der Waals surface area contributed by atoms with Crippen LogP contribution in [-0.4, -0.2) is 31.3 Å². The third-order valence-corrected chi connectivity index (χ3v) is 4.27. The first-order valence-electron chi connectivity index (χ1n) is 6.29. The molecular formula is C12H12N6S. The van der Waals surface area contributed by atoms with Crippen molar-refractivity contribution in [2.75, 3.05) is 6.54 Å². The van der Waals surface area contributed by atoms with Gasteiger partial charge >= 0.3 is 0 Å². The minimum Gasteiger partial charge on any atom is -0.308 e. The van der Waals surface area contributed by atoms with Crippen molar-refractivity contribution in [2.24, 2.45) is 0 Å². The predicted molar refractivity (Wildman–Crippen MR) is 71.9 cm³/mol. The molecular weight excluding hydrogens is 260 g/mol. The van der Waals surface area contributed by atoms with Gasteiger partial charge in [-0.1, -0.05) is 17.4 Å². The van der Waals surface area contributed by atoms with Crippen LogP contribution in [0.5, 0.6) is 0 Å². The lowest BCUT2D eigenvalue weighted by molar-refractivity contribution is 0.630. The quantitative estimate of drug-likeness (QED) is 0.768. The summed E-state index contributed by atoms with van der Waals surface area (Å²) in [6.45, 7) is 1.07. The molecule has 0 bridgehead atoms. The SMILES string of the molecule is c1ccc(-c2nnc3sc(C4CCCN4)nn23)nc1. The van der Waals surface area contributed by atoms with Crippen LogP contribution in [0.25, 0.3) is 16.5 Å². The number of hydrogen-bond donors (Lipinski definition) is 1. The summed E-state index contributed by atoms with van der Waals surface area (Å²) in [7, 11) is 0. The molecule has 96 valence electrons. The van der Waals surface area contributed by atoms with E-state index in [1.807, 2.05) is 18.2 Å². The minimum atomic E-state index is 0.364. The molecule has 3 aromatic heterocycles. The summed E-state index contributed by atoms with van der Waals surface area (Å²) in [4.78, 5) is 5.13. The highest BCUT2D eigenvalue weighted by molar-refractivity contribution is 7.16. The first kappa shape index (κ1) is 11.0. The summed E-state index contributed by atoms with van der Waals surface area (Å²) in [6.07, 6.45) is 4.10. The summed E-state index contributed by atoms with van der Waals surface area (Å²) in [5, 5.41) is 17.5. The Balaban J connectivity index is 1.80. The summed E-state index contributed by atoms with van der Waals surface area (Å²) in [5.41, 5.74) is 0.797. The third kappa shape index (κ3) is 1.82. The van der Waals surface area contributed by atoms with Crippen molar-refractivity contribution in [1.82, 2.24) is 30.1 Å². The van der Waals surface area contributed by atoms with Crippen LogP contribution in [0.3, 0.4) is 0 Å². The normalized spacial score (nSPS) is 19.3. The van der Waals surface area contributed by atoms with Gasteiger partial charge in [0.1, 0.15) is 10.7 Å². The topological polar surface area (TPSA) is 68.0 Å². The van der Waals surface area contributed by atoms with Gasteiger partial charge in [0, 0.05) is 6.20 Å². The number of nitrogens with one attached hydrogen (secondary N) is 1. The number of rotatable bonds is 2. The second-order valence-corrected chi connectivity index (χ2v) is 5.51. The lowest BCUT2D eigenvalue weighted by atomic mass is 10.2. The zero-order valence-corrected chi connectivity index (χ0v) is 11.0. The molecule has 0 radical (unpaired) electrons. The van der Waals surface area contributed by atoms with E-state index in [9.17, 15) is 0 Å². The fraction of sp³-hybridized carbons (Fsp3) is 0.333. The van der Waals surface area contributed by atoms with Crippen molar-refractivity contribution in [3.05, 3.63) is 29.4 Å². The average molecular weight is 272 g/mol. The Morgan fingerprint density at radius 3 is 3.11 bits per heavy atom. The predicted octanol–water partition coefficient (Wildman–Crippen LogP) is 1.67. The van der Waals surface area contributed by atoms with Crippen LogP contribution in [-0.2, 0) is 0 Å². The molecule has 1 aliphatic rings. The second-order valence-electron chi connectivity index (χ2n) is 4.52. The van der Waals surface area contributed by atoms with Crippen LogP contribution in [0.1, 0.15) is 23.9 Å². The van der Waals surface area contributed by atoms with Crippen LogP contribution >= 0.6 is 11.3 Å². The minimum absolute atomic E-state index is 0.364. The Bertz CT molecular complexity index is 697. The molecule has 0 saturated carbocycles. The number of fused-ring (bicyclic) bond motifs is 1. The van der Waals surface area contributed by atoms with Crippen LogP contribution in [0.2, 0.25) is 0 Å². The standard InChI is InChI=1S/C12H12N6S/c1-2-6-13-8(4-1)10-15-16-12-18(10)17-11(19-12)9-5-3-7-14-9/h1-2,4,6,9,14H,3,5,7H2. The first-order chi connectivity index (χ1) is 9.42. The van der Waals surface area contributed by atoms with E-state index in [-0.39, 0.29) is 0 Å². The summed E-state index contributed by atoms with van der Waals surface area (Å²) in [5.74, 6) is 0.705. The molecule has 19 heavy (non-hydrogen) atoms. The molecule has 1 atom stereocenters. The van der Waals surface area contributed by atoms with Gasteiger partial charge in [0.2, 0.25) is 10.8 Å². The molecule has 0 aromatic carbocycles. The maximum Gasteiger partial charge on any atom is 0.235 e. The molecule has 1 aliphatic heterocycles. The van der Waals surface area contributed by atoms with Crippen molar-refractivity contribution in [1.29, 1.82) is 0 Å². The molecule has 4 heterocycles. The second kappa shape index (κ2) is 4.36. The number of pyridine rings is 1. The highest BCUT2D eigenvalue weighted by Crippen LogP contribution is 2.28. The van der Waals surface area contributed by atoms with Gasteiger partial charge in [-0.15, -0.1) is 10.2 Å². The summed E-state index contributed by atoms with van der Waals surface area (Å²) >= 11 is 1.60. The van der Waals surface area contributed by atoms with Crippen LogP contribution in [0.4, 0.5) is 0 Å².